The maximum atomic E-state index is 12.2. The van der Waals surface area contributed by atoms with Crippen LogP contribution in [-0.4, -0.2) is 22.2 Å². The van der Waals surface area contributed by atoms with Crippen LogP contribution >= 0.6 is 0 Å². The largest absolute Gasteiger partial charge is 0.384 e. The summed E-state index contributed by atoms with van der Waals surface area (Å²) in [5.41, 5.74) is 3.06. The Kier molecular flexibility index (Phi) is 4.24. The SMILES string of the molecule is Cc1ccc(C(=O)Nc2cccc(C#CCO)c2)n1C. The predicted molar refractivity (Wildman–Crippen MR) is 78.5 cm³/mol. The predicted octanol–water partition coefficient (Wildman–Crippen LogP) is 1.93. The first-order valence-electron chi connectivity index (χ1n) is 6.25. The Morgan fingerprint density at radius 3 is 2.80 bits per heavy atom. The molecule has 2 N–H and O–H groups in total. The van der Waals surface area contributed by atoms with Crippen LogP contribution in [0.4, 0.5) is 5.69 Å². The molecule has 1 amide bonds. The zero-order valence-electron chi connectivity index (χ0n) is 11.5. The van der Waals surface area contributed by atoms with E-state index in [1.54, 1.807) is 18.2 Å². The molecule has 0 aliphatic heterocycles. The monoisotopic (exact) mass is 268 g/mol. The Morgan fingerprint density at radius 1 is 1.35 bits per heavy atom. The van der Waals surface area contributed by atoms with Gasteiger partial charge in [-0.2, -0.15) is 0 Å². The zero-order valence-corrected chi connectivity index (χ0v) is 11.5. The summed E-state index contributed by atoms with van der Waals surface area (Å²) in [4.78, 5) is 12.2. The van der Waals surface area contributed by atoms with Gasteiger partial charge in [-0.05, 0) is 37.3 Å². The van der Waals surface area contributed by atoms with Gasteiger partial charge in [-0.3, -0.25) is 4.79 Å². The number of rotatable bonds is 2. The molecule has 0 saturated heterocycles. The van der Waals surface area contributed by atoms with E-state index in [2.05, 4.69) is 17.2 Å². The van der Waals surface area contributed by atoms with Gasteiger partial charge in [0.25, 0.3) is 5.91 Å². The third kappa shape index (κ3) is 3.08. The minimum Gasteiger partial charge on any atom is -0.384 e. The van der Waals surface area contributed by atoms with E-state index in [0.29, 0.717) is 11.4 Å². The number of benzene rings is 1. The van der Waals surface area contributed by atoms with Crippen molar-refractivity contribution in [2.45, 2.75) is 6.92 Å². The van der Waals surface area contributed by atoms with Crippen LogP contribution in [0.3, 0.4) is 0 Å². The number of aliphatic hydroxyl groups is 1. The minimum absolute atomic E-state index is 0.159. The minimum atomic E-state index is -0.181. The van der Waals surface area contributed by atoms with Gasteiger partial charge < -0.3 is 15.0 Å². The van der Waals surface area contributed by atoms with Gasteiger partial charge in [0.1, 0.15) is 12.3 Å². The van der Waals surface area contributed by atoms with Crippen LogP contribution in [0.1, 0.15) is 21.7 Å². The number of carbonyl (C=O) groups is 1. The van der Waals surface area contributed by atoms with Crippen LogP contribution in [0.5, 0.6) is 0 Å². The van der Waals surface area contributed by atoms with E-state index in [9.17, 15) is 4.79 Å². The number of amides is 1. The van der Waals surface area contributed by atoms with Gasteiger partial charge in [0, 0.05) is 24.0 Å². The molecule has 20 heavy (non-hydrogen) atoms. The fraction of sp³-hybridized carbons (Fsp3) is 0.188. The van der Waals surface area contributed by atoms with Gasteiger partial charge in [-0.1, -0.05) is 17.9 Å². The smallest absolute Gasteiger partial charge is 0.272 e. The number of aromatic nitrogens is 1. The van der Waals surface area contributed by atoms with Crippen molar-refractivity contribution in [3.8, 4) is 11.8 Å². The van der Waals surface area contributed by atoms with E-state index < -0.39 is 0 Å². The molecule has 0 bridgehead atoms. The van der Waals surface area contributed by atoms with Gasteiger partial charge in [0.2, 0.25) is 0 Å². The van der Waals surface area contributed by atoms with Gasteiger partial charge in [-0.15, -0.1) is 0 Å². The van der Waals surface area contributed by atoms with Crippen molar-refractivity contribution in [2.24, 2.45) is 7.05 Å². The van der Waals surface area contributed by atoms with Crippen molar-refractivity contribution < 1.29 is 9.90 Å². The molecular formula is C16H16N2O2. The number of aryl methyl sites for hydroxylation is 1. The molecule has 102 valence electrons. The van der Waals surface area contributed by atoms with Crippen molar-refractivity contribution in [3.63, 3.8) is 0 Å². The first kappa shape index (κ1) is 13.9. The second-order valence-corrected chi connectivity index (χ2v) is 4.41. The molecule has 2 aromatic rings. The van der Waals surface area contributed by atoms with E-state index in [1.807, 2.05) is 36.7 Å². The average Bonchev–Trinajstić information content (AvgIpc) is 2.77. The molecule has 0 saturated carbocycles. The fourth-order valence-corrected chi connectivity index (χ4v) is 1.85. The molecule has 4 heteroatoms. The lowest BCUT2D eigenvalue weighted by Gasteiger charge is -2.07. The Bertz CT molecular complexity index is 690. The van der Waals surface area contributed by atoms with Crippen molar-refractivity contribution in [3.05, 3.63) is 53.3 Å². The van der Waals surface area contributed by atoms with Crippen LogP contribution in [0.2, 0.25) is 0 Å². The summed E-state index contributed by atoms with van der Waals surface area (Å²) in [7, 11) is 1.85. The third-order valence-corrected chi connectivity index (χ3v) is 3.04. The molecule has 4 nitrogen and oxygen atoms in total. The van der Waals surface area contributed by atoms with Crippen LogP contribution in [0, 0.1) is 18.8 Å². The molecule has 0 atom stereocenters. The normalized spacial score (nSPS) is 9.75. The lowest BCUT2D eigenvalue weighted by Crippen LogP contribution is -2.16. The first-order chi connectivity index (χ1) is 9.61. The molecule has 0 radical (unpaired) electrons. The molecule has 0 fully saturated rings. The number of hydrogen-bond acceptors (Lipinski definition) is 2. The fourth-order valence-electron chi connectivity index (χ4n) is 1.85. The van der Waals surface area contributed by atoms with Gasteiger partial charge in [0.15, 0.2) is 0 Å². The molecule has 0 aliphatic rings. The summed E-state index contributed by atoms with van der Waals surface area (Å²) in [6.45, 7) is 1.76. The first-order valence-corrected chi connectivity index (χ1v) is 6.25. The number of hydrogen-bond donors (Lipinski definition) is 2. The Balaban J connectivity index is 2.18. The summed E-state index contributed by atoms with van der Waals surface area (Å²) < 4.78 is 1.84. The molecule has 1 aromatic heterocycles. The van der Waals surface area contributed by atoms with E-state index in [0.717, 1.165) is 11.3 Å². The van der Waals surface area contributed by atoms with E-state index in [-0.39, 0.29) is 12.5 Å². The maximum Gasteiger partial charge on any atom is 0.272 e. The quantitative estimate of drug-likeness (QED) is 0.818. The number of aliphatic hydroxyl groups excluding tert-OH is 1. The van der Waals surface area contributed by atoms with Crippen LogP contribution in [0.25, 0.3) is 0 Å². The summed E-state index contributed by atoms with van der Waals surface area (Å²) in [6, 6.07) is 10.9. The Labute approximate surface area is 118 Å². The highest BCUT2D eigenvalue weighted by Crippen LogP contribution is 2.13. The molecule has 0 spiro atoms. The van der Waals surface area contributed by atoms with Gasteiger partial charge in [-0.25, -0.2) is 0 Å². The van der Waals surface area contributed by atoms with Crippen molar-refractivity contribution >= 4 is 11.6 Å². The van der Waals surface area contributed by atoms with Crippen molar-refractivity contribution in [1.29, 1.82) is 0 Å². The van der Waals surface area contributed by atoms with Crippen LogP contribution in [0.15, 0.2) is 36.4 Å². The second kappa shape index (κ2) is 6.09. The maximum absolute atomic E-state index is 12.2. The van der Waals surface area contributed by atoms with Crippen LogP contribution < -0.4 is 5.32 Å². The molecule has 2 rings (SSSR count). The summed E-state index contributed by atoms with van der Waals surface area (Å²) in [6.07, 6.45) is 0. The third-order valence-electron chi connectivity index (χ3n) is 3.04. The highest BCUT2D eigenvalue weighted by molar-refractivity contribution is 6.03. The van der Waals surface area contributed by atoms with E-state index in [4.69, 9.17) is 5.11 Å². The second-order valence-electron chi connectivity index (χ2n) is 4.41. The topological polar surface area (TPSA) is 54.3 Å². The van der Waals surface area contributed by atoms with E-state index >= 15 is 0 Å². The Hall–Kier alpha value is -2.51. The molecule has 0 aliphatic carbocycles. The molecule has 0 unspecified atom stereocenters. The standard InChI is InChI=1S/C16H16N2O2/c1-12-8-9-15(18(12)2)16(20)17-14-7-3-5-13(11-14)6-4-10-19/h3,5,7-9,11,19H,10H2,1-2H3,(H,17,20). The molecule has 1 heterocycles. The van der Waals surface area contributed by atoms with Crippen LogP contribution in [-0.2, 0) is 7.05 Å². The van der Waals surface area contributed by atoms with Gasteiger partial charge in [0.05, 0.1) is 0 Å². The highest BCUT2D eigenvalue weighted by atomic mass is 16.2. The summed E-state index contributed by atoms with van der Waals surface area (Å²) >= 11 is 0. The number of carbonyl (C=O) groups excluding carboxylic acids is 1. The summed E-state index contributed by atoms with van der Waals surface area (Å²) in [5.74, 6) is 5.23. The Morgan fingerprint density at radius 2 is 2.15 bits per heavy atom. The average molecular weight is 268 g/mol. The molecular weight excluding hydrogens is 252 g/mol. The lowest BCUT2D eigenvalue weighted by molar-refractivity contribution is 0.101. The zero-order chi connectivity index (χ0) is 14.5. The number of nitrogens with one attached hydrogen (secondary N) is 1. The van der Waals surface area contributed by atoms with Crippen molar-refractivity contribution in [2.75, 3.05) is 11.9 Å². The lowest BCUT2D eigenvalue weighted by atomic mass is 10.2. The summed E-state index contributed by atoms with van der Waals surface area (Å²) in [5, 5.41) is 11.5. The number of nitrogens with zero attached hydrogens (tertiary/aromatic N) is 1. The molecule has 1 aromatic carbocycles. The van der Waals surface area contributed by atoms with Crippen molar-refractivity contribution in [1.82, 2.24) is 4.57 Å². The number of anilines is 1. The van der Waals surface area contributed by atoms with Gasteiger partial charge >= 0.3 is 0 Å². The van der Waals surface area contributed by atoms with E-state index in [1.165, 1.54) is 0 Å². The highest BCUT2D eigenvalue weighted by Gasteiger charge is 2.10.